The molecule has 0 heterocycles. The fraction of sp³-hybridized carbons (Fsp3) is 0.278. The minimum absolute atomic E-state index is 0.291. The maximum absolute atomic E-state index is 12.3. The van der Waals surface area contributed by atoms with Gasteiger partial charge in [0, 0.05) is 10.7 Å². The Morgan fingerprint density at radius 3 is 2.65 bits per heavy atom. The van der Waals surface area contributed by atoms with Gasteiger partial charge in [0.05, 0.1) is 17.2 Å². The number of amides is 1. The number of aryl methyl sites for hydroxylation is 1. The fourth-order valence-corrected chi connectivity index (χ4v) is 2.44. The van der Waals surface area contributed by atoms with Gasteiger partial charge in [-0.05, 0) is 55.3 Å². The molecule has 0 atom stereocenters. The van der Waals surface area contributed by atoms with Crippen LogP contribution in [-0.2, 0) is 0 Å². The molecule has 0 spiro atoms. The van der Waals surface area contributed by atoms with Crippen LogP contribution in [0.1, 0.15) is 35.7 Å². The molecule has 0 fully saturated rings. The maximum atomic E-state index is 12.3. The van der Waals surface area contributed by atoms with Gasteiger partial charge in [0.1, 0.15) is 5.75 Å². The lowest BCUT2D eigenvalue weighted by Crippen LogP contribution is -2.13. The number of rotatable bonds is 6. The molecule has 2 rings (SSSR count). The summed E-state index contributed by atoms with van der Waals surface area (Å²) in [7, 11) is 0. The molecule has 3 nitrogen and oxygen atoms in total. The van der Waals surface area contributed by atoms with E-state index in [1.807, 2.05) is 25.1 Å². The normalized spacial score (nSPS) is 10.4. The van der Waals surface area contributed by atoms with Crippen LogP contribution in [0.2, 0.25) is 10.0 Å². The average molecular weight is 352 g/mol. The average Bonchev–Trinajstić information content (AvgIpc) is 2.52. The fourth-order valence-electron chi connectivity index (χ4n) is 2.06. The Morgan fingerprint density at radius 1 is 1.17 bits per heavy atom. The standard InChI is InChI=1S/C18H19Cl2NO2/c1-3-4-9-23-14-6-8-17(12(2)10-14)21-18(22)15-11-13(19)5-7-16(15)20/h5-8,10-11H,3-4,9H2,1-2H3,(H,21,22). The summed E-state index contributed by atoms with van der Waals surface area (Å²) in [5.74, 6) is 0.509. The molecule has 2 aromatic rings. The van der Waals surface area contributed by atoms with Gasteiger partial charge >= 0.3 is 0 Å². The van der Waals surface area contributed by atoms with Gasteiger partial charge in [-0.1, -0.05) is 36.5 Å². The van der Waals surface area contributed by atoms with Gasteiger partial charge in [-0.15, -0.1) is 0 Å². The Bertz CT molecular complexity index is 701. The third kappa shape index (κ3) is 4.88. The van der Waals surface area contributed by atoms with E-state index in [4.69, 9.17) is 27.9 Å². The molecule has 122 valence electrons. The first-order valence-corrected chi connectivity index (χ1v) is 8.26. The van der Waals surface area contributed by atoms with Gasteiger partial charge in [0.25, 0.3) is 5.91 Å². The van der Waals surface area contributed by atoms with Crippen molar-refractivity contribution in [3.63, 3.8) is 0 Å². The lowest BCUT2D eigenvalue weighted by atomic mass is 10.1. The van der Waals surface area contributed by atoms with Crippen molar-refractivity contribution in [3.05, 3.63) is 57.6 Å². The van der Waals surface area contributed by atoms with E-state index in [1.54, 1.807) is 18.2 Å². The zero-order valence-electron chi connectivity index (χ0n) is 13.2. The molecule has 0 radical (unpaired) electrons. The molecule has 0 aliphatic carbocycles. The maximum Gasteiger partial charge on any atom is 0.257 e. The second-order valence-corrected chi connectivity index (χ2v) is 6.10. The molecule has 2 aromatic carbocycles. The number of hydrogen-bond acceptors (Lipinski definition) is 2. The van der Waals surface area contributed by atoms with Crippen molar-refractivity contribution in [1.82, 2.24) is 0 Å². The molecule has 1 N–H and O–H groups in total. The Hall–Kier alpha value is -1.71. The summed E-state index contributed by atoms with van der Waals surface area (Å²) < 4.78 is 5.66. The van der Waals surface area contributed by atoms with Crippen molar-refractivity contribution >= 4 is 34.8 Å². The lowest BCUT2D eigenvalue weighted by molar-refractivity contribution is 0.102. The van der Waals surface area contributed by atoms with Crippen LogP contribution in [0.3, 0.4) is 0 Å². The predicted molar refractivity (Wildman–Crippen MR) is 96.0 cm³/mol. The molecular weight excluding hydrogens is 333 g/mol. The quantitative estimate of drug-likeness (QED) is 0.674. The van der Waals surface area contributed by atoms with Crippen LogP contribution in [0.25, 0.3) is 0 Å². The Morgan fingerprint density at radius 2 is 1.96 bits per heavy atom. The number of ether oxygens (including phenoxy) is 1. The van der Waals surface area contributed by atoms with Crippen molar-refractivity contribution in [2.75, 3.05) is 11.9 Å². The summed E-state index contributed by atoms with van der Waals surface area (Å²) in [6.07, 6.45) is 2.11. The van der Waals surface area contributed by atoms with Crippen LogP contribution in [-0.4, -0.2) is 12.5 Å². The van der Waals surface area contributed by atoms with E-state index in [9.17, 15) is 4.79 Å². The van der Waals surface area contributed by atoms with Crippen molar-refractivity contribution < 1.29 is 9.53 Å². The van der Waals surface area contributed by atoms with Crippen molar-refractivity contribution in [3.8, 4) is 5.75 Å². The molecule has 23 heavy (non-hydrogen) atoms. The molecule has 0 unspecified atom stereocenters. The third-order valence-electron chi connectivity index (χ3n) is 3.39. The van der Waals surface area contributed by atoms with E-state index in [0.717, 1.165) is 24.2 Å². The molecule has 0 aromatic heterocycles. The minimum Gasteiger partial charge on any atom is -0.494 e. The first-order chi connectivity index (χ1) is 11.0. The highest BCUT2D eigenvalue weighted by atomic mass is 35.5. The second kappa shape index (κ2) is 8.23. The van der Waals surface area contributed by atoms with Gasteiger partial charge in [-0.25, -0.2) is 0 Å². The number of carbonyl (C=O) groups excluding carboxylic acids is 1. The van der Waals surface area contributed by atoms with Crippen LogP contribution in [0.5, 0.6) is 5.75 Å². The van der Waals surface area contributed by atoms with Gasteiger partial charge in [0.15, 0.2) is 0 Å². The van der Waals surface area contributed by atoms with E-state index >= 15 is 0 Å². The number of unbranched alkanes of at least 4 members (excludes halogenated alkanes) is 1. The molecule has 0 bridgehead atoms. The van der Waals surface area contributed by atoms with Crippen LogP contribution in [0.4, 0.5) is 5.69 Å². The highest BCUT2D eigenvalue weighted by Crippen LogP contribution is 2.25. The largest absolute Gasteiger partial charge is 0.494 e. The topological polar surface area (TPSA) is 38.3 Å². The number of carbonyl (C=O) groups is 1. The highest BCUT2D eigenvalue weighted by Gasteiger charge is 2.12. The molecule has 1 amide bonds. The number of anilines is 1. The summed E-state index contributed by atoms with van der Waals surface area (Å²) >= 11 is 12.0. The van der Waals surface area contributed by atoms with E-state index < -0.39 is 0 Å². The molecule has 0 saturated carbocycles. The number of benzene rings is 2. The van der Waals surface area contributed by atoms with Crippen LogP contribution < -0.4 is 10.1 Å². The second-order valence-electron chi connectivity index (χ2n) is 5.26. The molecule has 0 aliphatic rings. The van der Waals surface area contributed by atoms with Gasteiger partial charge in [0.2, 0.25) is 0 Å². The highest BCUT2D eigenvalue weighted by molar-refractivity contribution is 6.36. The van der Waals surface area contributed by atoms with E-state index in [-0.39, 0.29) is 5.91 Å². The summed E-state index contributed by atoms with van der Waals surface area (Å²) in [4.78, 5) is 12.3. The zero-order chi connectivity index (χ0) is 16.8. The molecule has 0 aliphatic heterocycles. The van der Waals surface area contributed by atoms with Crippen molar-refractivity contribution in [2.24, 2.45) is 0 Å². The summed E-state index contributed by atoms with van der Waals surface area (Å²) in [5, 5.41) is 3.68. The Labute approximate surface area is 146 Å². The number of halogens is 2. The van der Waals surface area contributed by atoms with Gasteiger partial charge in [-0.2, -0.15) is 0 Å². The predicted octanol–water partition coefficient (Wildman–Crippen LogP) is 5.73. The van der Waals surface area contributed by atoms with Crippen molar-refractivity contribution in [2.45, 2.75) is 26.7 Å². The lowest BCUT2D eigenvalue weighted by Gasteiger charge is -2.12. The smallest absolute Gasteiger partial charge is 0.257 e. The minimum atomic E-state index is -0.291. The Kier molecular flexibility index (Phi) is 6.31. The van der Waals surface area contributed by atoms with E-state index in [1.165, 1.54) is 0 Å². The molecular formula is C18H19Cl2NO2. The summed E-state index contributed by atoms with van der Waals surface area (Å²) in [5.41, 5.74) is 1.99. The monoisotopic (exact) mass is 351 g/mol. The van der Waals surface area contributed by atoms with Gasteiger partial charge < -0.3 is 10.1 Å². The molecule has 5 heteroatoms. The summed E-state index contributed by atoms with van der Waals surface area (Å²) in [6.45, 7) is 4.73. The van der Waals surface area contributed by atoms with Crippen LogP contribution in [0, 0.1) is 6.92 Å². The first kappa shape index (κ1) is 17.6. The van der Waals surface area contributed by atoms with Gasteiger partial charge in [-0.3, -0.25) is 4.79 Å². The van der Waals surface area contributed by atoms with Crippen molar-refractivity contribution in [1.29, 1.82) is 0 Å². The van der Waals surface area contributed by atoms with E-state index in [0.29, 0.717) is 27.9 Å². The number of hydrogen-bond donors (Lipinski definition) is 1. The van der Waals surface area contributed by atoms with E-state index in [2.05, 4.69) is 12.2 Å². The SMILES string of the molecule is CCCCOc1ccc(NC(=O)c2cc(Cl)ccc2Cl)c(C)c1. The zero-order valence-corrected chi connectivity index (χ0v) is 14.7. The summed E-state index contributed by atoms with van der Waals surface area (Å²) in [6, 6.07) is 10.4. The first-order valence-electron chi connectivity index (χ1n) is 7.51. The van der Waals surface area contributed by atoms with Crippen LogP contribution >= 0.6 is 23.2 Å². The Balaban J connectivity index is 2.10. The van der Waals surface area contributed by atoms with Crippen LogP contribution in [0.15, 0.2) is 36.4 Å². The number of nitrogens with one attached hydrogen (secondary N) is 1. The third-order valence-corrected chi connectivity index (χ3v) is 3.95. The molecule has 0 saturated heterocycles.